The molecule has 5 aromatic rings. The minimum atomic E-state index is 0.109. The Morgan fingerprint density at radius 2 is 1.66 bits per heavy atom. The number of benzene rings is 3. The third-order valence-corrected chi connectivity index (χ3v) is 7.91. The fourth-order valence-corrected chi connectivity index (χ4v) is 5.61. The van der Waals surface area contributed by atoms with Gasteiger partial charge < -0.3 is 4.42 Å². The summed E-state index contributed by atoms with van der Waals surface area (Å²) in [7, 11) is 0. The molecular formula is C33H37NO. The Morgan fingerprint density at radius 1 is 0.914 bits per heavy atom. The maximum Gasteiger partial charge on any atom is 0.146 e. The van der Waals surface area contributed by atoms with Gasteiger partial charge in [0.25, 0.3) is 0 Å². The van der Waals surface area contributed by atoms with Crippen molar-refractivity contribution in [2.24, 2.45) is 5.92 Å². The van der Waals surface area contributed by atoms with Crippen molar-refractivity contribution in [2.75, 3.05) is 0 Å². The molecule has 0 saturated carbocycles. The second-order valence-electron chi connectivity index (χ2n) is 11.0. The highest BCUT2D eigenvalue weighted by Crippen LogP contribution is 2.42. The summed E-state index contributed by atoms with van der Waals surface area (Å²) >= 11 is 0. The van der Waals surface area contributed by atoms with E-state index in [4.69, 9.17) is 9.40 Å². The highest BCUT2D eigenvalue weighted by molar-refractivity contribution is 6.10. The molecule has 2 heterocycles. The van der Waals surface area contributed by atoms with Gasteiger partial charge in [0.2, 0.25) is 0 Å². The fourth-order valence-electron chi connectivity index (χ4n) is 5.61. The van der Waals surface area contributed by atoms with Crippen LogP contribution in [-0.4, -0.2) is 4.98 Å². The summed E-state index contributed by atoms with van der Waals surface area (Å²) in [5, 5.41) is 4.88. The van der Waals surface area contributed by atoms with Crippen molar-refractivity contribution in [2.45, 2.75) is 73.1 Å². The molecule has 35 heavy (non-hydrogen) atoms. The average molecular weight is 464 g/mol. The number of nitrogens with zero attached hydrogens (tertiary/aromatic N) is 1. The summed E-state index contributed by atoms with van der Waals surface area (Å²) in [5.41, 5.74) is 8.16. The molecule has 0 atom stereocenters. The van der Waals surface area contributed by atoms with E-state index in [0.29, 0.717) is 5.92 Å². The van der Waals surface area contributed by atoms with Gasteiger partial charge in [-0.25, -0.2) is 4.98 Å². The molecule has 0 unspecified atom stereocenters. The van der Waals surface area contributed by atoms with E-state index in [0.717, 1.165) is 52.6 Å². The Hall–Kier alpha value is -3.13. The molecule has 0 N–H and O–H groups in total. The van der Waals surface area contributed by atoms with Crippen molar-refractivity contribution in [3.8, 4) is 11.3 Å². The lowest BCUT2D eigenvalue weighted by Gasteiger charge is -2.29. The Bertz CT molecular complexity index is 1550. The monoisotopic (exact) mass is 463 g/mol. The molecule has 5 rings (SSSR count). The largest absolute Gasteiger partial charge is 0.460 e. The van der Waals surface area contributed by atoms with Crippen LogP contribution in [0.3, 0.4) is 0 Å². The van der Waals surface area contributed by atoms with Gasteiger partial charge in [0.1, 0.15) is 11.3 Å². The molecule has 0 spiro atoms. The lowest BCUT2D eigenvalue weighted by Crippen LogP contribution is -2.20. The molecule has 0 aliphatic heterocycles. The van der Waals surface area contributed by atoms with Gasteiger partial charge in [-0.1, -0.05) is 65.0 Å². The first-order chi connectivity index (χ1) is 16.7. The van der Waals surface area contributed by atoms with Crippen LogP contribution in [0.25, 0.3) is 43.9 Å². The van der Waals surface area contributed by atoms with E-state index in [-0.39, 0.29) is 5.41 Å². The summed E-state index contributed by atoms with van der Waals surface area (Å²) in [4.78, 5) is 5.31. The van der Waals surface area contributed by atoms with Crippen LogP contribution in [0.1, 0.15) is 69.9 Å². The summed E-state index contributed by atoms with van der Waals surface area (Å²) in [6.45, 7) is 15.8. The summed E-state index contributed by atoms with van der Waals surface area (Å²) in [5.74, 6) is 1.57. The molecule has 0 saturated heterocycles. The van der Waals surface area contributed by atoms with E-state index in [1.807, 2.05) is 0 Å². The predicted octanol–water partition coefficient (Wildman–Crippen LogP) is 9.69. The van der Waals surface area contributed by atoms with Gasteiger partial charge in [0.05, 0.1) is 11.2 Å². The summed E-state index contributed by atoms with van der Waals surface area (Å²) in [6, 6.07) is 20.2. The van der Waals surface area contributed by atoms with Gasteiger partial charge in [0, 0.05) is 22.8 Å². The van der Waals surface area contributed by atoms with Crippen molar-refractivity contribution >= 4 is 32.6 Å². The van der Waals surface area contributed by atoms with Crippen LogP contribution in [0.5, 0.6) is 0 Å². The highest BCUT2D eigenvalue weighted by Gasteiger charge is 2.26. The van der Waals surface area contributed by atoms with Crippen LogP contribution in [0.4, 0.5) is 0 Å². The molecule has 0 aliphatic carbocycles. The number of furan rings is 1. The van der Waals surface area contributed by atoms with Crippen LogP contribution >= 0.6 is 0 Å². The lowest BCUT2D eigenvalue weighted by molar-refractivity contribution is 0.443. The summed E-state index contributed by atoms with van der Waals surface area (Å²) in [6.07, 6.45) is 3.12. The zero-order valence-electron chi connectivity index (χ0n) is 22.3. The number of hydrogen-bond donors (Lipinski definition) is 0. The Kier molecular flexibility index (Phi) is 5.95. The number of aryl methyl sites for hydroxylation is 2. The molecule has 180 valence electrons. The van der Waals surface area contributed by atoms with Gasteiger partial charge in [-0.15, -0.1) is 0 Å². The number of fused-ring (bicyclic) bond motifs is 4. The highest BCUT2D eigenvalue weighted by atomic mass is 16.3. The third kappa shape index (κ3) is 4.03. The molecule has 0 fully saturated rings. The maximum absolute atomic E-state index is 6.56. The number of pyridine rings is 1. The molecule has 0 amide bonds. The average Bonchev–Trinajstić information content (AvgIpc) is 3.24. The normalized spacial score (nSPS) is 12.5. The maximum atomic E-state index is 6.56. The predicted molar refractivity (Wildman–Crippen MR) is 150 cm³/mol. The van der Waals surface area contributed by atoms with Crippen molar-refractivity contribution in [3.63, 3.8) is 0 Å². The van der Waals surface area contributed by atoms with E-state index in [1.54, 1.807) is 0 Å². The molecule has 0 radical (unpaired) electrons. The quantitative estimate of drug-likeness (QED) is 0.250. The SMILES string of the molecule is CCC(C)(CC)c1cc(-c2nc3cc(C)cc(C)c3c3oc(CC(C)C)cc23)cc2ccccc12. The van der Waals surface area contributed by atoms with Gasteiger partial charge in [-0.2, -0.15) is 0 Å². The number of aromatic nitrogens is 1. The van der Waals surface area contributed by atoms with Crippen LogP contribution in [0.2, 0.25) is 0 Å². The number of hydrogen-bond acceptors (Lipinski definition) is 2. The molecule has 0 bridgehead atoms. The molecule has 2 aromatic heterocycles. The van der Waals surface area contributed by atoms with Gasteiger partial charge in [-0.05, 0) is 89.8 Å². The van der Waals surface area contributed by atoms with Crippen molar-refractivity contribution < 1.29 is 4.42 Å². The third-order valence-electron chi connectivity index (χ3n) is 7.91. The zero-order chi connectivity index (χ0) is 24.9. The van der Waals surface area contributed by atoms with Crippen molar-refractivity contribution in [3.05, 3.63) is 77.0 Å². The Morgan fingerprint density at radius 3 is 2.37 bits per heavy atom. The smallest absolute Gasteiger partial charge is 0.146 e. The van der Waals surface area contributed by atoms with Crippen LogP contribution in [0, 0.1) is 19.8 Å². The Labute approximate surface area is 209 Å². The fraction of sp³-hybridized carbons (Fsp3) is 0.364. The van der Waals surface area contributed by atoms with Gasteiger partial charge in [-0.3, -0.25) is 0 Å². The van der Waals surface area contributed by atoms with Crippen molar-refractivity contribution in [1.82, 2.24) is 4.98 Å². The van der Waals surface area contributed by atoms with E-state index in [9.17, 15) is 0 Å². The first kappa shape index (κ1) is 23.6. The topological polar surface area (TPSA) is 26.0 Å². The molecular weight excluding hydrogens is 426 g/mol. The van der Waals surface area contributed by atoms with E-state index < -0.39 is 0 Å². The van der Waals surface area contributed by atoms with Crippen LogP contribution < -0.4 is 0 Å². The first-order valence-corrected chi connectivity index (χ1v) is 13.1. The van der Waals surface area contributed by atoms with Crippen molar-refractivity contribution in [1.29, 1.82) is 0 Å². The van der Waals surface area contributed by atoms with Gasteiger partial charge in [0.15, 0.2) is 0 Å². The second-order valence-corrected chi connectivity index (χ2v) is 11.0. The van der Waals surface area contributed by atoms with Crippen LogP contribution in [-0.2, 0) is 11.8 Å². The summed E-state index contributed by atoms with van der Waals surface area (Å²) < 4.78 is 6.56. The van der Waals surface area contributed by atoms with Crippen LogP contribution in [0.15, 0.2) is 59.0 Å². The first-order valence-electron chi connectivity index (χ1n) is 13.1. The molecule has 2 heteroatoms. The minimum Gasteiger partial charge on any atom is -0.460 e. The molecule has 0 aliphatic rings. The Balaban J connectivity index is 1.88. The van der Waals surface area contributed by atoms with E-state index >= 15 is 0 Å². The molecule has 2 nitrogen and oxygen atoms in total. The second kappa shape index (κ2) is 8.82. The van der Waals surface area contributed by atoms with Gasteiger partial charge >= 0.3 is 0 Å². The van der Waals surface area contributed by atoms with E-state index in [2.05, 4.69) is 103 Å². The lowest BCUT2D eigenvalue weighted by atomic mass is 9.75. The zero-order valence-corrected chi connectivity index (χ0v) is 22.3. The molecule has 3 aromatic carbocycles. The minimum absolute atomic E-state index is 0.109. The number of rotatable bonds is 6. The van der Waals surface area contributed by atoms with E-state index in [1.165, 1.54) is 33.0 Å². The standard InChI is InChI=1S/C33H37NO/c1-8-33(7,9-2)28-18-24(17-23-12-10-11-13-26(23)28)31-27-19-25(14-20(3)4)35-32(27)30-22(6)15-21(5)16-29(30)34-31/h10-13,15-20H,8-9,14H2,1-7H3.